The fourth-order valence-corrected chi connectivity index (χ4v) is 1.95. The Balaban J connectivity index is 3.21. The normalized spacial score (nSPS) is 10.4. The molecule has 0 aliphatic heterocycles. The molecule has 0 rings (SSSR count). The summed E-state index contributed by atoms with van der Waals surface area (Å²) in [6.07, 6.45) is 17.0. The lowest BCUT2D eigenvalue weighted by Gasteiger charge is -1.96. The molecule has 0 aliphatic carbocycles. The minimum absolute atomic E-state index is 0.137. The Kier molecular flexibility index (Phi) is 14.9. The molecule has 0 radical (unpaired) electrons. The van der Waals surface area contributed by atoms with Crippen LogP contribution >= 0.6 is 0 Å². The van der Waals surface area contributed by atoms with E-state index in [1.165, 1.54) is 38.5 Å². The fraction of sp³-hybridized carbons (Fsp3) is 0.722. The van der Waals surface area contributed by atoms with Gasteiger partial charge in [0.25, 0.3) is 0 Å². The van der Waals surface area contributed by atoms with Crippen LogP contribution in [0, 0.1) is 11.8 Å². The lowest BCUT2D eigenvalue weighted by atomic mass is 10.1. The Labute approximate surface area is 124 Å². The van der Waals surface area contributed by atoms with Gasteiger partial charge >= 0.3 is 5.97 Å². The number of carboxylic acid groups (broad SMARTS) is 1. The summed E-state index contributed by atoms with van der Waals surface area (Å²) in [6.45, 7) is 2.24. The first-order valence-corrected chi connectivity index (χ1v) is 8.10. The lowest BCUT2D eigenvalue weighted by molar-refractivity contribution is -0.136. The summed E-state index contributed by atoms with van der Waals surface area (Å²) >= 11 is 0. The van der Waals surface area contributed by atoms with Gasteiger partial charge in [0.05, 0.1) is 6.42 Å². The van der Waals surface area contributed by atoms with Crippen molar-refractivity contribution in [1.29, 1.82) is 0 Å². The summed E-state index contributed by atoms with van der Waals surface area (Å²) in [4.78, 5) is 10.3. The van der Waals surface area contributed by atoms with E-state index in [1.54, 1.807) is 6.08 Å². The van der Waals surface area contributed by atoms with Gasteiger partial charge in [0.2, 0.25) is 0 Å². The molecule has 0 heterocycles. The van der Waals surface area contributed by atoms with Crippen LogP contribution in [0.2, 0.25) is 0 Å². The molecule has 0 saturated heterocycles. The topological polar surface area (TPSA) is 37.3 Å². The summed E-state index contributed by atoms with van der Waals surface area (Å²) < 4.78 is 0. The summed E-state index contributed by atoms with van der Waals surface area (Å²) in [6, 6.07) is 0. The first kappa shape index (κ1) is 18.8. The van der Waals surface area contributed by atoms with Crippen LogP contribution in [0.3, 0.4) is 0 Å². The van der Waals surface area contributed by atoms with Gasteiger partial charge in [0, 0.05) is 12.8 Å². The molecule has 0 saturated carbocycles. The van der Waals surface area contributed by atoms with Gasteiger partial charge in [0.1, 0.15) is 0 Å². The van der Waals surface area contributed by atoms with Gasteiger partial charge in [-0.25, -0.2) is 0 Å². The van der Waals surface area contributed by atoms with Crippen LogP contribution < -0.4 is 0 Å². The Morgan fingerprint density at radius 1 is 0.900 bits per heavy atom. The molecule has 20 heavy (non-hydrogen) atoms. The molecule has 0 aromatic rings. The van der Waals surface area contributed by atoms with Crippen molar-refractivity contribution in [3.05, 3.63) is 12.2 Å². The highest BCUT2D eigenvalue weighted by Gasteiger charge is 1.89. The standard InChI is InChI=1S/C18H30O2/c1-2-3-4-5-6-7-8-9-10-11-12-13-14-15-16-17-18(19)20/h15-16H,2-8,11-14,17H2,1H3,(H,19,20). The Morgan fingerprint density at radius 3 is 2.15 bits per heavy atom. The average molecular weight is 278 g/mol. The van der Waals surface area contributed by atoms with Crippen molar-refractivity contribution >= 4 is 5.97 Å². The zero-order valence-electron chi connectivity index (χ0n) is 13.0. The molecule has 0 fully saturated rings. The maximum absolute atomic E-state index is 10.3. The van der Waals surface area contributed by atoms with E-state index in [4.69, 9.17) is 5.11 Å². The molecule has 0 amide bonds. The van der Waals surface area contributed by atoms with Crippen LogP contribution in [0.4, 0.5) is 0 Å². The molecule has 0 unspecified atom stereocenters. The molecule has 1 N–H and O–H groups in total. The van der Waals surface area contributed by atoms with E-state index >= 15 is 0 Å². The average Bonchev–Trinajstić information content (AvgIpc) is 2.43. The van der Waals surface area contributed by atoms with Crippen molar-refractivity contribution < 1.29 is 9.90 Å². The van der Waals surface area contributed by atoms with Crippen molar-refractivity contribution in [2.45, 2.75) is 84.0 Å². The lowest BCUT2D eigenvalue weighted by Crippen LogP contribution is -1.89. The summed E-state index contributed by atoms with van der Waals surface area (Å²) in [7, 11) is 0. The third kappa shape index (κ3) is 16.8. The first-order chi connectivity index (χ1) is 9.77. The molecule has 2 heteroatoms. The zero-order valence-corrected chi connectivity index (χ0v) is 13.0. The van der Waals surface area contributed by atoms with Crippen LogP contribution in [0.15, 0.2) is 12.2 Å². The predicted octanol–water partition coefficient (Wildman–Crippen LogP) is 5.33. The van der Waals surface area contributed by atoms with Crippen molar-refractivity contribution in [2.75, 3.05) is 0 Å². The number of rotatable bonds is 12. The van der Waals surface area contributed by atoms with E-state index in [0.717, 1.165) is 32.1 Å². The second kappa shape index (κ2) is 15.8. The van der Waals surface area contributed by atoms with Crippen molar-refractivity contribution in [3.8, 4) is 11.8 Å². The smallest absolute Gasteiger partial charge is 0.307 e. The molecule has 114 valence electrons. The Morgan fingerprint density at radius 2 is 1.50 bits per heavy atom. The molecule has 0 bridgehead atoms. The second-order valence-electron chi connectivity index (χ2n) is 5.19. The van der Waals surface area contributed by atoms with Crippen LogP contribution in [0.25, 0.3) is 0 Å². The maximum Gasteiger partial charge on any atom is 0.307 e. The van der Waals surface area contributed by atoms with E-state index in [0.29, 0.717) is 0 Å². The monoisotopic (exact) mass is 278 g/mol. The van der Waals surface area contributed by atoms with E-state index in [2.05, 4.69) is 18.8 Å². The fourth-order valence-electron chi connectivity index (χ4n) is 1.95. The van der Waals surface area contributed by atoms with E-state index in [-0.39, 0.29) is 6.42 Å². The van der Waals surface area contributed by atoms with E-state index < -0.39 is 5.97 Å². The van der Waals surface area contributed by atoms with Crippen LogP contribution in [-0.2, 0) is 4.79 Å². The molecular formula is C18H30O2. The van der Waals surface area contributed by atoms with Gasteiger partial charge in [-0.05, 0) is 25.7 Å². The molecular weight excluding hydrogens is 248 g/mol. The summed E-state index contributed by atoms with van der Waals surface area (Å²) in [5.41, 5.74) is 0. The quantitative estimate of drug-likeness (QED) is 0.297. The largest absolute Gasteiger partial charge is 0.481 e. The highest BCUT2D eigenvalue weighted by molar-refractivity contribution is 5.68. The van der Waals surface area contributed by atoms with Gasteiger partial charge in [-0.15, -0.1) is 11.8 Å². The van der Waals surface area contributed by atoms with Gasteiger partial charge in [-0.2, -0.15) is 0 Å². The summed E-state index contributed by atoms with van der Waals surface area (Å²) in [5, 5.41) is 8.45. The van der Waals surface area contributed by atoms with Crippen molar-refractivity contribution in [1.82, 2.24) is 0 Å². The van der Waals surface area contributed by atoms with E-state index in [9.17, 15) is 4.79 Å². The predicted molar refractivity (Wildman–Crippen MR) is 85.6 cm³/mol. The number of unbranched alkanes of at least 4 members (excludes halogenated alkanes) is 9. The first-order valence-electron chi connectivity index (χ1n) is 8.10. The second-order valence-corrected chi connectivity index (χ2v) is 5.19. The molecule has 0 aromatic carbocycles. The molecule has 0 aromatic heterocycles. The molecule has 0 atom stereocenters. The van der Waals surface area contributed by atoms with Crippen LogP contribution in [0.5, 0.6) is 0 Å². The highest BCUT2D eigenvalue weighted by atomic mass is 16.4. The van der Waals surface area contributed by atoms with Crippen LogP contribution in [0.1, 0.15) is 84.0 Å². The van der Waals surface area contributed by atoms with Crippen molar-refractivity contribution in [2.24, 2.45) is 0 Å². The van der Waals surface area contributed by atoms with Gasteiger partial charge < -0.3 is 5.11 Å². The third-order valence-corrected chi connectivity index (χ3v) is 3.16. The maximum atomic E-state index is 10.3. The SMILES string of the molecule is CCCCCCCCC#CCCCCC=CCC(=O)O. The van der Waals surface area contributed by atoms with Gasteiger partial charge in [0.15, 0.2) is 0 Å². The Bertz CT molecular complexity index is 307. The number of allylic oxidation sites excluding steroid dienone is 1. The molecule has 0 aliphatic rings. The van der Waals surface area contributed by atoms with E-state index in [1.807, 2.05) is 6.08 Å². The van der Waals surface area contributed by atoms with Crippen molar-refractivity contribution in [3.63, 3.8) is 0 Å². The number of hydrogen-bond acceptors (Lipinski definition) is 1. The Hall–Kier alpha value is -1.23. The molecule has 2 nitrogen and oxygen atoms in total. The number of carbonyl (C=O) groups is 1. The van der Waals surface area contributed by atoms with Crippen LogP contribution in [-0.4, -0.2) is 11.1 Å². The minimum Gasteiger partial charge on any atom is -0.481 e. The van der Waals surface area contributed by atoms with Gasteiger partial charge in [-0.3, -0.25) is 4.79 Å². The molecule has 0 spiro atoms. The highest BCUT2D eigenvalue weighted by Crippen LogP contribution is 2.06. The minimum atomic E-state index is -0.762. The number of aliphatic carboxylic acids is 1. The summed E-state index contributed by atoms with van der Waals surface area (Å²) in [5.74, 6) is 5.71. The number of carboxylic acids is 1. The van der Waals surface area contributed by atoms with Gasteiger partial charge in [-0.1, -0.05) is 51.2 Å². The number of hydrogen-bond donors (Lipinski definition) is 1. The zero-order chi connectivity index (χ0) is 14.9. The third-order valence-electron chi connectivity index (χ3n) is 3.16.